The quantitative estimate of drug-likeness (QED) is 0.340. The van der Waals surface area contributed by atoms with E-state index < -0.39 is 0 Å². The van der Waals surface area contributed by atoms with Crippen molar-refractivity contribution in [2.24, 2.45) is 10.2 Å². The van der Waals surface area contributed by atoms with Gasteiger partial charge in [0.05, 0.1) is 12.4 Å². The number of imidazole rings is 1. The first kappa shape index (κ1) is 27.0. The van der Waals surface area contributed by atoms with Crippen LogP contribution in [-0.4, -0.2) is 63.3 Å². The van der Waals surface area contributed by atoms with Crippen LogP contribution in [-0.2, 0) is 0 Å². The van der Waals surface area contributed by atoms with Crippen LogP contribution >= 0.6 is 0 Å². The number of aromatic nitrogens is 2. The second-order valence-corrected chi connectivity index (χ2v) is 9.22. The van der Waals surface area contributed by atoms with Crippen LogP contribution in [0.5, 0.6) is 0 Å². The van der Waals surface area contributed by atoms with Gasteiger partial charge in [0.25, 0.3) is 0 Å². The van der Waals surface area contributed by atoms with Gasteiger partial charge in [0, 0.05) is 64.9 Å². The number of likely N-dealkylation sites (tertiary alicyclic amines) is 1. The van der Waals surface area contributed by atoms with Gasteiger partial charge in [-0.15, -0.1) is 0 Å². The molecule has 2 aromatic carbocycles. The predicted molar refractivity (Wildman–Crippen MR) is 147 cm³/mol. The van der Waals surface area contributed by atoms with Crippen LogP contribution in [0.1, 0.15) is 36.2 Å². The Morgan fingerprint density at radius 2 is 1.33 bits per heavy atom. The number of benzene rings is 2. The molecule has 8 heteroatoms. The molecule has 0 aliphatic carbocycles. The van der Waals surface area contributed by atoms with Crippen molar-refractivity contribution >= 4 is 29.9 Å². The van der Waals surface area contributed by atoms with E-state index in [1.54, 1.807) is 0 Å². The van der Waals surface area contributed by atoms with Crippen molar-refractivity contribution in [3.05, 3.63) is 84.1 Å². The molecule has 4 rings (SSSR count). The lowest BCUT2D eigenvalue weighted by Gasteiger charge is -2.24. The standard InChI is InChI=1S/C28H36N7.ClH/c1-31(2)26-12-8-24(9-13-26)22-29-34-20-21-35(28(34)16-19-33-17-6-5-7-18-33)30-23-25-10-14-27(15-11-25)32(3)4;/h8-16,19-23H,5-7,17-18H2,1-4H3;1H/q+1;/p-1. The van der Waals surface area contributed by atoms with Crippen LogP contribution in [0.25, 0.3) is 6.08 Å². The molecule has 0 atom stereocenters. The average molecular weight is 506 g/mol. The number of anilines is 2. The van der Waals surface area contributed by atoms with Gasteiger partial charge >= 0.3 is 5.82 Å². The Kier molecular flexibility index (Phi) is 9.70. The van der Waals surface area contributed by atoms with Gasteiger partial charge < -0.3 is 27.1 Å². The number of rotatable bonds is 8. The molecule has 7 nitrogen and oxygen atoms in total. The van der Waals surface area contributed by atoms with E-state index in [0.717, 1.165) is 30.0 Å². The zero-order valence-electron chi connectivity index (χ0n) is 21.6. The maximum Gasteiger partial charge on any atom is 0.334 e. The zero-order chi connectivity index (χ0) is 24.6. The molecule has 3 aromatic rings. The number of hydrogen-bond acceptors (Lipinski definition) is 5. The third-order valence-electron chi connectivity index (χ3n) is 6.12. The highest BCUT2D eigenvalue weighted by Gasteiger charge is 2.15. The monoisotopic (exact) mass is 505 g/mol. The lowest BCUT2D eigenvalue weighted by Crippen LogP contribution is -3.00. The fourth-order valence-corrected chi connectivity index (χ4v) is 3.95. The van der Waals surface area contributed by atoms with E-state index in [4.69, 9.17) is 10.2 Å². The summed E-state index contributed by atoms with van der Waals surface area (Å²) in [5.74, 6) is 0.887. The summed E-state index contributed by atoms with van der Waals surface area (Å²) in [6.45, 7) is 2.19. The van der Waals surface area contributed by atoms with Crippen LogP contribution < -0.4 is 26.9 Å². The lowest BCUT2D eigenvalue weighted by molar-refractivity contribution is -0.679. The third-order valence-corrected chi connectivity index (χ3v) is 6.12. The molecule has 0 radical (unpaired) electrons. The summed E-state index contributed by atoms with van der Waals surface area (Å²) in [5, 5.41) is 9.46. The third kappa shape index (κ3) is 7.21. The molecule has 0 spiro atoms. The highest BCUT2D eigenvalue weighted by Crippen LogP contribution is 2.13. The van der Waals surface area contributed by atoms with Crippen LogP contribution in [0.4, 0.5) is 11.4 Å². The smallest absolute Gasteiger partial charge is 0.334 e. The molecule has 1 aromatic heterocycles. The van der Waals surface area contributed by atoms with Crippen molar-refractivity contribution < 1.29 is 17.1 Å². The van der Waals surface area contributed by atoms with Crippen molar-refractivity contribution in [1.82, 2.24) is 9.58 Å². The highest BCUT2D eigenvalue weighted by atomic mass is 35.5. The molecule has 0 saturated carbocycles. The average Bonchev–Trinajstić information content (AvgIpc) is 3.27. The summed E-state index contributed by atoms with van der Waals surface area (Å²) in [7, 11) is 8.17. The molecular weight excluding hydrogens is 470 g/mol. The van der Waals surface area contributed by atoms with Crippen LogP contribution in [0.15, 0.2) is 77.3 Å². The summed E-state index contributed by atoms with van der Waals surface area (Å²) >= 11 is 0. The maximum atomic E-state index is 4.73. The van der Waals surface area contributed by atoms with Gasteiger partial charge in [-0.25, -0.2) is 0 Å². The number of nitrogens with zero attached hydrogens (tertiary/aromatic N) is 7. The van der Waals surface area contributed by atoms with Gasteiger partial charge in [0.2, 0.25) is 0 Å². The minimum atomic E-state index is 0. The van der Waals surface area contributed by atoms with Crippen molar-refractivity contribution in [3.63, 3.8) is 0 Å². The van der Waals surface area contributed by atoms with Crippen LogP contribution in [0.3, 0.4) is 0 Å². The van der Waals surface area contributed by atoms with Gasteiger partial charge in [-0.2, -0.15) is 0 Å². The Morgan fingerprint density at radius 3 is 1.89 bits per heavy atom. The van der Waals surface area contributed by atoms with Crippen molar-refractivity contribution in [1.29, 1.82) is 0 Å². The van der Waals surface area contributed by atoms with E-state index in [0.29, 0.717) is 0 Å². The molecule has 2 heterocycles. The van der Waals surface area contributed by atoms with Crippen molar-refractivity contribution in [3.8, 4) is 0 Å². The molecule has 36 heavy (non-hydrogen) atoms. The topological polar surface area (TPSA) is 43.2 Å². The molecular formula is C28H36ClN7. The van der Waals surface area contributed by atoms with E-state index in [1.165, 1.54) is 30.6 Å². The second kappa shape index (κ2) is 12.9. The van der Waals surface area contributed by atoms with E-state index >= 15 is 0 Å². The summed E-state index contributed by atoms with van der Waals surface area (Å²) in [5.41, 5.74) is 4.43. The highest BCUT2D eigenvalue weighted by molar-refractivity contribution is 5.80. The lowest BCUT2D eigenvalue weighted by atomic mass is 10.1. The zero-order valence-corrected chi connectivity index (χ0v) is 22.4. The minimum absolute atomic E-state index is 0. The van der Waals surface area contributed by atoms with Gasteiger partial charge in [0.1, 0.15) is 0 Å². The first-order chi connectivity index (χ1) is 17.0. The predicted octanol–water partition coefficient (Wildman–Crippen LogP) is 1.13. The summed E-state index contributed by atoms with van der Waals surface area (Å²) in [6, 6.07) is 16.7. The molecule has 0 amide bonds. The fraction of sp³-hybridized carbons (Fsp3) is 0.321. The van der Waals surface area contributed by atoms with E-state index in [-0.39, 0.29) is 12.4 Å². The Hall–Kier alpha value is -3.58. The Labute approximate surface area is 221 Å². The number of piperidine rings is 1. The van der Waals surface area contributed by atoms with Crippen LogP contribution in [0.2, 0.25) is 0 Å². The van der Waals surface area contributed by atoms with E-state index in [9.17, 15) is 0 Å². The fourth-order valence-electron chi connectivity index (χ4n) is 3.95. The van der Waals surface area contributed by atoms with E-state index in [2.05, 4.69) is 75.5 Å². The largest absolute Gasteiger partial charge is 1.00 e. The summed E-state index contributed by atoms with van der Waals surface area (Å²) < 4.78 is 3.74. The van der Waals surface area contributed by atoms with Gasteiger partial charge in [-0.3, -0.25) is 0 Å². The molecule has 1 aliphatic heterocycles. The SMILES string of the molecule is CN(C)c1ccc(C=Nn2cc[n+](N=Cc3ccc(N(C)C)cc3)c2C=CN2CCCCC2)cc1.[Cl-]. The maximum absolute atomic E-state index is 4.73. The first-order valence-corrected chi connectivity index (χ1v) is 12.2. The van der Waals surface area contributed by atoms with Gasteiger partial charge in [-0.05, 0) is 54.7 Å². The second-order valence-electron chi connectivity index (χ2n) is 9.22. The van der Waals surface area contributed by atoms with Gasteiger partial charge in [-0.1, -0.05) is 43.8 Å². The normalized spacial score (nSPS) is 14.1. The Bertz CT molecular complexity index is 1090. The number of halogens is 1. The summed E-state index contributed by atoms with van der Waals surface area (Å²) in [4.78, 5) is 6.55. The van der Waals surface area contributed by atoms with E-state index in [1.807, 2.05) is 62.4 Å². The summed E-state index contributed by atoms with van der Waals surface area (Å²) in [6.07, 6.45) is 15.7. The molecule has 0 N–H and O–H groups in total. The molecule has 1 saturated heterocycles. The van der Waals surface area contributed by atoms with Crippen molar-refractivity contribution in [2.45, 2.75) is 19.3 Å². The molecule has 1 aliphatic rings. The molecule has 0 bridgehead atoms. The Morgan fingerprint density at radius 1 is 0.778 bits per heavy atom. The molecule has 0 unspecified atom stereocenters. The van der Waals surface area contributed by atoms with Crippen molar-refractivity contribution in [2.75, 3.05) is 51.1 Å². The minimum Gasteiger partial charge on any atom is -1.00 e. The Balaban J connectivity index is 0.00000361. The molecule has 1 fully saturated rings. The van der Waals surface area contributed by atoms with Crippen LogP contribution in [0, 0.1) is 0 Å². The molecule has 190 valence electrons. The van der Waals surface area contributed by atoms with Gasteiger partial charge in [0.15, 0.2) is 12.4 Å². The number of hydrogen-bond donors (Lipinski definition) is 0. The first-order valence-electron chi connectivity index (χ1n) is 12.2.